The third-order valence-electron chi connectivity index (χ3n) is 3.87. The summed E-state index contributed by atoms with van der Waals surface area (Å²) in [6.07, 6.45) is -0.733. The molecule has 1 unspecified atom stereocenters. The predicted octanol–water partition coefficient (Wildman–Crippen LogP) is 3.33. The zero-order valence-electron chi connectivity index (χ0n) is 13.6. The fourth-order valence-electron chi connectivity index (χ4n) is 2.61. The Labute approximate surface area is 136 Å². The van der Waals surface area contributed by atoms with E-state index in [1.165, 1.54) is 0 Å². The first-order valence-electron chi connectivity index (χ1n) is 7.64. The molecular formula is C19H21NO3. The summed E-state index contributed by atoms with van der Waals surface area (Å²) < 4.78 is 11.0. The molecule has 0 saturated heterocycles. The molecule has 3 rings (SSSR count). The highest BCUT2D eigenvalue weighted by atomic mass is 16.5. The highest BCUT2D eigenvalue weighted by Crippen LogP contribution is 2.30. The van der Waals surface area contributed by atoms with E-state index in [1.54, 1.807) is 7.11 Å². The average Bonchev–Trinajstić information content (AvgIpc) is 2.94. The Bertz CT molecular complexity index is 720. The molecule has 0 aliphatic carbocycles. The molecule has 0 bridgehead atoms. The van der Waals surface area contributed by atoms with Crippen molar-refractivity contribution in [1.82, 2.24) is 0 Å². The fourth-order valence-corrected chi connectivity index (χ4v) is 2.61. The standard InChI is InChI=1S/C19H21NO3/c1-19(2)12-23-18(20-19)14-10-8-13(9-11-14)17(21)15-6-4-5-7-16(15)22-3/h4-11,17,21H,12H2,1-3H3. The van der Waals surface area contributed by atoms with Crippen LogP contribution in [-0.4, -0.2) is 30.3 Å². The van der Waals surface area contributed by atoms with Crippen LogP contribution in [0.15, 0.2) is 53.5 Å². The van der Waals surface area contributed by atoms with E-state index < -0.39 is 6.10 Å². The molecule has 0 saturated carbocycles. The summed E-state index contributed by atoms with van der Waals surface area (Å²) in [4.78, 5) is 4.56. The Balaban J connectivity index is 1.85. The van der Waals surface area contributed by atoms with Gasteiger partial charge in [-0.05, 0) is 37.6 Å². The minimum atomic E-state index is -0.733. The van der Waals surface area contributed by atoms with Gasteiger partial charge in [-0.25, -0.2) is 4.99 Å². The second-order valence-electron chi connectivity index (χ2n) is 6.28. The monoisotopic (exact) mass is 311 g/mol. The van der Waals surface area contributed by atoms with Gasteiger partial charge < -0.3 is 14.6 Å². The first-order valence-corrected chi connectivity index (χ1v) is 7.64. The second kappa shape index (κ2) is 6.05. The van der Waals surface area contributed by atoms with E-state index in [-0.39, 0.29) is 5.54 Å². The van der Waals surface area contributed by atoms with Crippen LogP contribution in [0.2, 0.25) is 0 Å². The molecule has 1 aliphatic heterocycles. The lowest BCUT2D eigenvalue weighted by Gasteiger charge is -2.15. The first-order chi connectivity index (χ1) is 11.0. The zero-order valence-corrected chi connectivity index (χ0v) is 13.6. The smallest absolute Gasteiger partial charge is 0.216 e. The molecular weight excluding hydrogens is 290 g/mol. The van der Waals surface area contributed by atoms with E-state index in [0.717, 1.165) is 16.7 Å². The largest absolute Gasteiger partial charge is 0.496 e. The molecule has 2 aromatic rings. The maximum absolute atomic E-state index is 10.6. The number of hydrogen-bond donors (Lipinski definition) is 1. The van der Waals surface area contributed by atoms with Gasteiger partial charge in [-0.3, -0.25) is 0 Å². The molecule has 4 heteroatoms. The van der Waals surface area contributed by atoms with Gasteiger partial charge in [0.25, 0.3) is 0 Å². The van der Waals surface area contributed by atoms with Crippen LogP contribution < -0.4 is 4.74 Å². The number of aliphatic hydroxyl groups is 1. The molecule has 0 fully saturated rings. The second-order valence-corrected chi connectivity index (χ2v) is 6.28. The average molecular weight is 311 g/mol. The molecule has 4 nitrogen and oxygen atoms in total. The molecule has 1 aliphatic rings. The van der Waals surface area contributed by atoms with E-state index >= 15 is 0 Å². The number of ether oxygens (including phenoxy) is 2. The zero-order chi connectivity index (χ0) is 16.4. The minimum Gasteiger partial charge on any atom is -0.496 e. The van der Waals surface area contributed by atoms with Crippen LogP contribution in [-0.2, 0) is 4.74 Å². The van der Waals surface area contributed by atoms with Crippen molar-refractivity contribution < 1.29 is 14.6 Å². The predicted molar refractivity (Wildman–Crippen MR) is 90.1 cm³/mol. The van der Waals surface area contributed by atoms with E-state index in [2.05, 4.69) is 4.99 Å². The molecule has 23 heavy (non-hydrogen) atoms. The number of rotatable bonds is 4. The van der Waals surface area contributed by atoms with Crippen LogP contribution >= 0.6 is 0 Å². The van der Waals surface area contributed by atoms with E-state index in [1.807, 2.05) is 62.4 Å². The lowest BCUT2D eigenvalue weighted by atomic mass is 9.99. The van der Waals surface area contributed by atoms with Crippen molar-refractivity contribution in [2.75, 3.05) is 13.7 Å². The van der Waals surface area contributed by atoms with E-state index in [9.17, 15) is 5.11 Å². The summed E-state index contributed by atoms with van der Waals surface area (Å²) in [6, 6.07) is 15.1. The molecule has 1 atom stereocenters. The first kappa shape index (κ1) is 15.6. The molecule has 0 amide bonds. The Morgan fingerprint density at radius 2 is 1.83 bits per heavy atom. The van der Waals surface area contributed by atoms with E-state index in [4.69, 9.17) is 9.47 Å². The normalized spacial score (nSPS) is 17.3. The molecule has 0 aromatic heterocycles. The van der Waals surface area contributed by atoms with Crippen LogP contribution in [0, 0.1) is 0 Å². The van der Waals surface area contributed by atoms with Crippen molar-refractivity contribution in [1.29, 1.82) is 0 Å². The number of aliphatic hydroxyl groups excluding tert-OH is 1. The molecule has 2 aromatic carbocycles. The van der Waals surface area contributed by atoms with Crippen LogP contribution in [0.4, 0.5) is 0 Å². The Morgan fingerprint density at radius 3 is 2.43 bits per heavy atom. The highest BCUT2D eigenvalue weighted by Gasteiger charge is 2.27. The summed E-state index contributed by atoms with van der Waals surface area (Å²) in [5, 5.41) is 10.6. The van der Waals surface area contributed by atoms with Gasteiger partial charge in [0, 0.05) is 11.1 Å². The lowest BCUT2D eigenvalue weighted by Crippen LogP contribution is -2.17. The van der Waals surface area contributed by atoms with Gasteiger partial charge in [-0.15, -0.1) is 0 Å². The molecule has 120 valence electrons. The van der Waals surface area contributed by atoms with Gasteiger partial charge in [0.15, 0.2) is 0 Å². The van der Waals surface area contributed by atoms with Crippen molar-refractivity contribution in [3.63, 3.8) is 0 Å². The summed E-state index contributed by atoms with van der Waals surface area (Å²) in [5.74, 6) is 1.34. The fraction of sp³-hybridized carbons (Fsp3) is 0.316. The SMILES string of the molecule is COc1ccccc1C(O)c1ccc(C2=NC(C)(C)CO2)cc1. The van der Waals surface area contributed by atoms with Crippen molar-refractivity contribution >= 4 is 5.90 Å². The number of benzene rings is 2. The minimum absolute atomic E-state index is 0.176. The summed E-state index contributed by atoms with van der Waals surface area (Å²) in [5.41, 5.74) is 2.30. The van der Waals surface area contributed by atoms with Gasteiger partial charge in [0.1, 0.15) is 18.5 Å². The topological polar surface area (TPSA) is 51.0 Å². The highest BCUT2D eigenvalue weighted by molar-refractivity contribution is 5.95. The van der Waals surface area contributed by atoms with Crippen LogP contribution in [0.5, 0.6) is 5.75 Å². The Morgan fingerprint density at radius 1 is 1.13 bits per heavy atom. The maximum atomic E-state index is 10.6. The number of nitrogens with zero attached hydrogens (tertiary/aromatic N) is 1. The molecule has 1 heterocycles. The van der Waals surface area contributed by atoms with E-state index in [0.29, 0.717) is 18.3 Å². The maximum Gasteiger partial charge on any atom is 0.216 e. The summed E-state index contributed by atoms with van der Waals surface area (Å²) >= 11 is 0. The van der Waals surface area contributed by atoms with Crippen molar-refractivity contribution in [3.8, 4) is 5.75 Å². The quantitative estimate of drug-likeness (QED) is 0.942. The van der Waals surface area contributed by atoms with Crippen LogP contribution in [0.3, 0.4) is 0 Å². The van der Waals surface area contributed by atoms with Crippen molar-refractivity contribution in [3.05, 3.63) is 65.2 Å². The summed E-state index contributed by atoms with van der Waals surface area (Å²) in [6.45, 7) is 4.67. The van der Waals surface area contributed by atoms with Gasteiger partial charge in [-0.2, -0.15) is 0 Å². The van der Waals surface area contributed by atoms with Crippen molar-refractivity contribution in [2.24, 2.45) is 4.99 Å². The number of hydrogen-bond acceptors (Lipinski definition) is 4. The lowest BCUT2D eigenvalue weighted by molar-refractivity contribution is 0.214. The van der Waals surface area contributed by atoms with Gasteiger partial charge >= 0.3 is 0 Å². The number of para-hydroxylation sites is 1. The summed E-state index contributed by atoms with van der Waals surface area (Å²) in [7, 11) is 1.60. The van der Waals surface area contributed by atoms with Crippen LogP contribution in [0.1, 0.15) is 36.6 Å². The third kappa shape index (κ3) is 3.22. The third-order valence-corrected chi connectivity index (χ3v) is 3.87. The van der Waals surface area contributed by atoms with Gasteiger partial charge in [0.2, 0.25) is 5.90 Å². The van der Waals surface area contributed by atoms with Crippen molar-refractivity contribution in [2.45, 2.75) is 25.5 Å². The van der Waals surface area contributed by atoms with Gasteiger partial charge in [-0.1, -0.05) is 30.3 Å². The number of aliphatic imine (C=N–C) groups is 1. The molecule has 0 radical (unpaired) electrons. The van der Waals surface area contributed by atoms with Crippen LogP contribution in [0.25, 0.3) is 0 Å². The Hall–Kier alpha value is -2.33. The number of methoxy groups -OCH3 is 1. The Kier molecular flexibility index (Phi) is 4.09. The molecule has 1 N–H and O–H groups in total. The van der Waals surface area contributed by atoms with Gasteiger partial charge in [0.05, 0.1) is 12.6 Å². The molecule has 0 spiro atoms.